The molecule has 0 spiro atoms. The lowest BCUT2D eigenvalue weighted by Gasteiger charge is -2.33. The highest BCUT2D eigenvalue weighted by atomic mass is 79.9. The molecule has 0 saturated carbocycles. The predicted molar refractivity (Wildman–Crippen MR) is 80.4 cm³/mol. The van der Waals surface area contributed by atoms with Gasteiger partial charge in [0, 0.05) is 28.8 Å². The van der Waals surface area contributed by atoms with E-state index >= 15 is 0 Å². The maximum Gasteiger partial charge on any atom is 0.416 e. The fraction of sp³-hybridized carbons (Fsp3) is 0.600. The fourth-order valence-electron chi connectivity index (χ4n) is 3.43. The number of halogens is 4. The number of piperidine rings is 1. The van der Waals surface area contributed by atoms with Crippen molar-refractivity contribution in [2.75, 3.05) is 18.4 Å². The third-order valence-electron chi connectivity index (χ3n) is 4.49. The van der Waals surface area contributed by atoms with E-state index in [0.717, 1.165) is 32.0 Å². The van der Waals surface area contributed by atoms with Gasteiger partial charge in [-0.15, -0.1) is 0 Å². The number of hydrogen-bond donors (Lipinski definition) is 1. The van der Waals surface area contributed by atoms with Crippen molar-refractivity contribution in [3.05, 3.63) is 28.2 Å². The lowest BCUT2D eigenvalue weighted by atomic mass is 9.99. The summed E-state index contributed by atoms with van der Waals surface area (Å²) in [5.74, 6) is 0. The zero-order valence-electron chi connectivity index (χ0n) is 11.6. The molecule has 21 heavy (non-hydrogen) atoms. The molecule has 1 aromatic carbocycles. The van der Waals surface area contributed by atoms with Gasteiger partial charge in [-0.1, -0.05) is 6.42 Å². The average Bonchev–Trinajstić information content (AvgIpc) is 2.83. The topological polar surface area (TPSA) is 15.3 Å². The summed E-state index contributed by atoms with van der Waals surface area (Å²) in [6.07, 6.45) is 0.269. The molecule has 1 aromatic rings. The molecule has 0 aromatic heterocycles. The summed E-state index contributed by atoms with van der Waals surface area (Å²) in [7, 11) is 0. The Morgan fingerprint density at radius 2 is 1.95 bits per heavy atom. The highest BCUT2D eigenvalue weighted by Crippen LogP contribution is 2.36. The summed E-state index contributed by atoms with van der Waals surface area (Å²) in [6, 6.07) is 4.48. The molecule has 1 N–H and O–H groups in total. The molecule has 3 rings (SSSR count). The van der Waals surface area contributed by atoms with Gasteiger partial charge in [-0.05, 0) is 59.9 Å². The molecule has 2 nitrogen and oxygen atoms in total. The molecule has 0 bridgehead atoms. The summed E-state index contributed by atoms with van der Waals surface area (Å²) < 4.78 is 39.2. The molecule has 2 aliphatic rings. The summed E-state index contributed by atoms with van der Waals surface area (Å²) in [5.41, 5.74) is -0.0612. The maximum absolute atomic E-state index is 12.8. The van der Waals surface area contributed by atoms with Gasteiger partial charge in [0.25, 0.3) is 0 Å². The zero-order valence-corrected chi connectivity index (χ0v) is 13.2. The van der Waals surface area contributed by atoms with Crippen LogP contribution in [0.15, 0.2) is 22.7 Å². The number of benzene rings is 1. The lowest BCUT2D eigenvalue weighted by Crippen LogP contribution is -2.41. The van der Waals surface area contributed by atoms with Gasteiger partial charge in [0.15, 0.2) is 0 Å². The Morgan fingerprint density at radius 3 is 2.71 bits per heavy atom. The Bertz CT molecular complexity index is 518. The molecule has 2 unspecified atom stereocenters. The first-order valence-corrected chi connectivity index (χ1v) is 8.12. The standard InChI is InChI=1S/C15H18BrF3N2/c16-11-5-4-10(15(17,18)19)9-13(11)20-12-6-8-21-7-2-1-3-14(12)21/h4-5,9,12,14,20H,1-3,6-8H2. The van der Waals surface area contributed by atoms with Crippen molar-refractivity contribution < 1.29 is 13.2 Å². The van der Waals surface area contributed by atoms with Gasteiger partial charge in [0.05, 0.1) is 5.56 Å². The molecule has 2 heterocycles. The minimum absolute atomic E-state index is 0.241. The number of alkyl halides is 3. The molecule has 2 saturated heterocycles. The minimum atomic E-state index is -4.30. The summed E-state index contributed by atoms with van der Waals surface area (Å²) in [4.78, 5) is 2.46. The average molecular weight is 363 g/mol. The summed E-state index contributed by atoms with van der Waals surface area (Å²) in [6.45, 7) is 2.16. The minimum Gasteiger partial charge on any atom is -0.380 e. The van der Waals surface area contributed by atoms with Crippen LogP contribution in [0, 0.1) is 0 Å². The molecular weight excluding hydrogens is 345 g/mol. The monoisotopic (exact) mass is 362 g/mol. The van der Waals surface area contributed by atoms with E-state index in [0.29, 0.717) is 16.2 Å². The zero-order chi connectivity index (χ0) is 15.0. The van der Waals surface area contributed by atoms with Crippen molar-refractivity contribution in [2.45, 2.75) is 43.9 Å². The van der Waals surface area contributed by atoms with Crippen LogP contribution < -0.4 is 5.32 Å². The molecule has 116 valence electrons. The van der Waals surface area contributed by atoms with Gasteiger partial charge in [-0.25, -0.2) is 0 Å². The molecule has 0 radical (unpaired) electrons. The first-order valence-electron chi connectivity index (χ1n) is 7.32. The first kappa shape index (κ1) is 15.2. The second-order valence-corrected chi connectivity index (χ2v) is 6.69. The third kappa shape index (κ3) is 3.21. The maximum atomic E-state index is 12.8. The highest BCUT2D eigenvalue weighted by molar-refractivity contribution is 9.10. The fourth-order valence-corrected chi connectivity index (χ4v) is 3.79. The van der Waals surface area contributed by atoms with Crippen LogP contribution in [0.5, 0.6) is 0 Å². The van der Waals surface area contributed by atoms with Gasteiger partial charge < -0.3 is 5.32 Å². The van der Waals surface area contributed by atoms with Crippen molar-refractivity contribution in [3.8, 4) is 0 Å². The molecule has 2 fully saturated rings. The Kier molecular flexibility index (Phi) is 4.19. The van der Waals surface area contributed by atoms with E-state index in [1.54, 1.807) is 0 Å². The normalized spacial score (nSPS) is 26.7. The van der Waals surface area contributed by atoms with Gasteiger partial charge in [-0.2, -0.15) is 13.2 Å². The van der Waals surface area contributed by atoms with Gasteiger partial charge in [0.1, 0.15) is 0 Å². The van der Waals surface area contributed by atoms with Crippen LogP contribution in [0.4, 0.5) is 18.9 Å². The van der Waals surface area contributed by atoms with Crippen molar-refractivity contribution >= 4 is 21.6 Å². The number of nitrogens with zero attached hydrogens (tertiary/aromatic N) is 1. The van der Waals surface area contributed by atoms with Crippen LogP contribution in [-0.2, 0) is 6.18 Å². The Labute approximate surface area is 130 Å². The molecule has 0 aliphatic carbocycles. The van der Waals surface area contributed by atoms with Crippen molar-refractivity contribution in [1.82, 2.24) is 4.90 Å². The van der Waals surface area contributed by atoms with E-state index in [-0.39, 0.29) is 6.04 Å². The van der Waals surface area contributed by atoms with Crippen molar-refractivity contribution in [3.63, 3.8) is 0 Å². The number of fused-ring (bicyclic) bond motifs is 1. The van der Waals surface area contributed by atoms with E-state index in [1.165, 1.54) is 25.0 Å². The van der Waals surface area contributed by atoms with Crippen molar-refractivity contribution in [1.29, 1.82) is 0 Å². The van der Waals surface area contributed by atoms with E-state index < -0.39 is 11.7 Å². The van der Waals surface area contributed by atoms with Crippen LogP contribution >= 0.6 is 15.9 Å². The van der Waals surface area contributed by atoms with Crippen LogP contribution in [0.3, 0.4) is 0 Å². The van der Waals surface area contributed by atoms with Crippen LogP contribution in [0.1, 0.15) is 31.2 Å². The Balaban J connectivity index is 1.78. The van der Waals surface area contributed by atoms with E-state index in [4.69, 9.17) is 0 Å². The highest BCUT2D eigenvalue weighted by Gasteiger charge is 2.36. The molecule has 0 amide bonds. The molecule has 6 heteroatoms. The summed E-state index contributed by atoms with van der Waals surface area (Å²) in [5, 5.41) is 3.33. The predicted octanol–water partition coefficient (Wildman–Crippen LogP) is 4.51. The van der Waals surface area contributed by atoms with Gasteiger partial charge in [0.2, 0.25) is 0 Å². The van der Waals surface area contributed by atoms with E-state index in [1.807, 2.05) is 0 Å². The van der Waals surface area contributed by atoms with Crippen LogP contribution in [0.2, 0.25) is 0 Å². The van der Waals surface area contributed by atoms with Crippen LogP contribution in [0.25, 0.3) is 0 Å². The van der Waals surface area contributed by atoms with Crippen molar-refractivity contribution in [2.24, 2.45) is 0 Å². The lowest BCUT2D eigenvalue weighted by molar-refractivity contribution is -0.137. The van der Waals surface area contributed by atoms with Gasteiger partial charge >= 0.3 is 6.18 Å². The number of anilines is 1. The number of rotatable bonds is 2. The van der Waals surface area contributed by atoms with Gasteiger partial charge in [-0.3, -0.25) is 4.90 Å². The second kappa shape index (κ2) is 5.80. The van der Waals surface area contributed by atoms with Crippen LogP contribution in [-0.4, -0.2) is 30.1 Å². The summed E-state index contributed by atoms with van der Waals surface area (Å²) >= 11 is 3.35. The molecular formula is C15H18BrF3N2. The number of hydrogen-bond acceptors (Lipinski definition) is 2. The molecule has 2 aliphatic heterocycles. The molecule has 2 atom stereocenters. The quantitative estimate of drug-likeness (QED) is 0.832. The largest absolute Gasteiger partial charge is 0.416 e. The SMILES string of the molecule is FC(F)(F)c1ccc(Br)c(NC2CCN3CCCCC23)c1. The number of nitrogens with one attached hydrogen (secondary N) is 1. The smallest absolute Gasteiger partial charge is 0.380 e. The first-order chi connectivity index (χ1) is 9.95. The third-order valence-corrected chi connectivity index (χ3v) is 5.18. The van der Waals surface area contributed by atoms with E-state index in [2.05, 4.69) is 26.1 Å². The van der Waals surface area contributed by atoms with E-state index in [9.17, 15) is 13.2 Å². The second-order valence-electron chi connectivity index (χ2n) is 5.83. The Morgan fingerprint density at radius 1 is 1.14 bits per heavy atom. The Hall–Kier alpha value is -0.750.